The van der Waals surface area contributed by atoms with E-state index in [0.717, 1.165) is 6.07 Å². The average Bonchev–Trinajstić information content (AvgIpc) is 2.45. The number of aliphatic hydroxyl groups is 1. The third kappa shape index (κ3) is 4.94. The summed E-state index contributed by atoms with van der Waals surface area (Å²) >= 11 is 5.85. The molecule has 0 aliphatic rings. The fourth-order valence-corrected chi connectivity index (χ4v) is 3.09. The minimum Gasteiger partial charge on any atom is -0.465 e. The van der Waals surface area contributed by atoms with Gasteiger partial charge in [-0.1, -0.05) is 11.6 Å². The van der Waals surface area contributed by atoms with Gasteiger partial charge in [0.2, 0.25) is 10.0 Å². The van der Waals surface area contributed by atoms with Crippen LogP contribution < -0.4 is 4.72 Å². The van der Waals surface area contributed by atoms with Gasteiger partial charge < -0.3 is 14.6 Å². The number of esters is 1. The van der Waals surface area contributed by atoms with Crippen LogP contribution in [0.4, 0.5) is 0 Å². The number of carbonyl (C=O) groups excluding carboxylic acids is 1. The Labute approximate surface area is 127 Å². The molecule has 9 heteroatoms. The van der Waals surface area contributed by atoms with Crippen LogP contribution in [-0.2, 0) is 19.5 Å². The van der Waals surface area contributed by atoms with Crippen LogP contribution in [0.15, 0.2) is 23.1 Å². The fourth-order valence-electron chi connectivity index (χ4n) is 1.49. The van der Waals surface area contributed by atoms with E-state index in [0.29, 0.717) is 0 Å². The number of nitrogens with one attached hydrogen (secondary N) is 1. The Balaban J connectivity index is 2.99. The smallest absolute Gasteiger partial charge is 0.337 e. The van der Waals surface area contributed by atoms with E-state index in [4.69, 9.17) is 16.3 Å². The molecule has 0 fully saturated rings. The van der Waals surface area contributed by atoms with Crippen LogP contribution in [0.25, 0.3) is 0 Å². The van der Waals surface area contributed by atoms with Crippen LogP contribution in [0, 0.1) is 0 Å². The molecule has 0 radical (unpaired) electrons. The predicted octanol–water partition coefficient (Wildman–Crippen LogP) is 0.412. The molecular weight excluding hydrogens is 322 g/mol. The second-order valence-corrected chi connectivity index (χ2v) is 6.24. The van der Waals surface area contributed by atoms with Gasteiger partial charge in [0.15, 0.2) is 0 Å². The van der Waals surface area contributed by atoms with Crippen molar-refractivity contribution in [3.8, 4) is 0 Å². The molecule has 0 spiro atoms. The van der Waals surface area contributed by atoms with Gasteiger partial charge in [0.1, 0.15) is 4.90 Å². The van der Waals surface area contributed by atoms with Gasteiger partial charge in [-0.15, -0.1) is 0 Å². The Morgan fingerprint density at radius 1 is 1.43 bits per heavy atom. The topological polar surface area (TPSA) is 102 Å². The molecule has 0 aromatic heterocycles. The molecule has 0 aliphatic heterocycles. The van der Waals surface area contributed by atoms with E-state index >= 15 is 0 Å². The van der Waals surface area contributed by atoms with Gasteiger partial charge in [0.05, 0.1) is 30.4 Å². The molecular formula is C12H16ClNO6S. The summed E-state index contributed by atoms with van der Waals surface area (Å²) in [4.78, 5) is 11.2. The summed E-state index contributed by atoms with van der Waals surface area (Å²) in [6, 6.07) is 3.75. The first-order chi connectivity index (χ1) is 9.81. The number of sulfonamides is 1. The first-order valence-electron chi connectivity index (χ1n) is 5.86. The number of ether oxygens (including phenoxy) is 2. The predicted molar refractivity (Wildman–Crippen MR) is 75.9 cm³/mol. The summed E-state index contributed by atoms with van der Waals surface area (Å²) in [6.07, 6.45) is -0.993. The van der Waals surface area contributed by atoms with E-state index < -0.39 is 22.1 Å². The highest BCUT2D eigenvalue weighted by molar-refractivity contribution is 7.89. The third-order valence-corrected chi connectivity index (χ3v) is 4.41. The Bertz CT molecular complexity index is 604. The molecule has 1 rings (SSSR count). The van der Waals surface area contributed by atoms with Crippen LogP contribution >= 0.6 is 11.6 Å². The van der Waals surface area contributed by atoms with Crippen LogP contribution in [0.2, 0.25) is 5.02 Å². The lowest BCUT2D eigenvalue weighted by Crippen LogP contribution is -2.34. The Hall–Kier alpha value is -1.19. The molecule has 1 aromatic carbocycles. The van der Waals surface area contributed by atoms with Crippen molar-refractivity contribution in [1.29, 1.82) is 0 Å². The zero-order valence-electron chi connectivity index (χ0n) is 11.5. The Kier molecular flexibility index (Phi) is 6.56. The monoisotopic (exact) mass is 337 g/mol. The number of hydrogen-bond donors (Lipinski definition) is 2. The number of methoxy groups -OCH3 is 2. The lowest BCUT2D eigenvalue weighted by atomic mass is 10.2. The lowest BCUT2D eigenvalue weighted by molar-refractivity contribution is 0.0600. The Morgan fingerprint density at radius 2 is 2.10 bits per heavy atom. The number of carbonyl (C=O) groups is 1. The van der Waals surface area contributed by atoms with E-state index in [-0.39, 0.29) is 28.6 Å². The summed E-state index contributed by atoms with van der Waals surface area (Å²) in [6.45, 7) is -0.257. The summed E-state index contributed by atoms with van der Waals surface area (Å²) in [5.74, 6) is -0.678. The van der Waals surface area contributed by atoms with Crippen molar-refractivity contribution in [3.05, 3.63) is 28.8 Å². The highest BCUT2D eigenvalue weighted by Crippen LogP contribution is 2.23. The van der Waals surface area contributed by atoms with Gasteiger partial charge >= 0.3 is 5.97 Å². The van der Waals surface area contributed by atoms with Gasteiger partial charge in [0, 0.05) is 13.7 Å². The molecule has 1 aromatic rings. The molecule has 0 amide bonds. The lowest BCUT2D eigenvalue weighted by Gasteiger charge is -2.12. The van der Waals surface area contributed by atoms with E-state index in [1.807, 2.05) is 0 Å². The third-order valence-electron chi connectivity index (χ3n) is 2.51. The quantitative estimate of drug-likeness (QED) is 0.699. The zero-order valence-corrected chi connectivity index (χ0v) is 13.1. The molecule has 1 unspecified atom stereocenters. The number of hydrogen-bond acceptors (Lipinski definition) is 6. The van der Waals surface area contributed by atoms with E-state index in [9.17, 15) is 18.3 Å². The first-order valence-corrected chi connectivity index (χ1v) is 7.72. The van der Waals surface area contributed by atoms with Gasteiger partial charge in [-0.3, -0.25) is 0 Å². The van der Waals surface area contributed by atoms with E-state index in [1.165, 1.54) is 26.4 Å². The van der Waals surface area contributed by atoms with Crippen molar-refractivity contribution < 1.29 is 27.8 Å². The summed E-state index contributed by atoms with van der Waals surface area (Å²) in [7, 11) is -1.41. The second-order valence-electron chi connectivity index (χ2n) is 4.10. The van der Waals surface area contributed by atoms with Crippen molar-refractivity contribution in [2.75, 3.05) is 27.4 Å². The van der Waals surface area contributed by atoms with Crippen molar-refractivity contribution in [1.82, 2.24) is 4.72 Å². The maximum atomic E-state index is 12.1. The first kappa shape index (κ1) is 17.9. The molecule has 0 bridgehead atoms. The van der Waals surface area contributed by atoms with E-state index in [1.54, 1.807) is 0 Å². The number of benzene rings is 1. The van der Waals surface area contributed by atoms with Crippen molar-refractivity contribution >= 4 is 27.6 Å². The fraction of sp³-hybridized carbons (Fsp3) is 0.417. The highest BCUT2D eigenvalue weighted by atomic mass is 35.5. The molecule has 0 saturated heterocycles. The van der Waals surface area contributed by atoms with Gasteiger partial charge in [-0.2, -0.15) is 0 Å². The molecule has 0 aliphatic carbocycles. The standard InChI is InChI=1S/C12H16ClNO6S/c1-19-7-9(15)6-14-21(17,18)11-5-8(12(16)20-2)3-4-10(11)13/h3-5,9,14-15H,6-7H2,1-2H3. The molecule has 0 heterocycles. The highest BCUT2D eigenvalue weighted by Gasteiger charge is 2.21. The minimum atomic E-state index is -3.97. The van der Waals surface area contributed by atoms with Gasteiger partial charge in [-0.25, -0.2) is 17.9 Å². The maximum Gasteiger partial charge on any atom is 0.337 e. The summed E-state index contributed by atoms with van der Waals surface area (Å²) in [5.41, 5.74) is 0.0553. The van der Waals surface area contributed by atoms with E-state index in [2.05, 4.69) is 9.46 Å². The SMILES string of the molecule is COCC(O)CNS(=O)(=O)c1cc(C(=O)OC)ccc1Cl. The number of halogens is 1. The van der Waals surface area contributed by atoms with Crippen LogP contribution in [0.3, 0.4) is 0 Å². The second kappa shape index (κ2) is 7.71. The normalized spacial score (nSPS) is 13.0. The number of aliphatic hydroxyl groups excluding tert-OH is 1. The molecule has 2 N–H and O–H groups in total. The molecule has 118 valence electrons. The molecule has 0 saturated carbocycles. The molecule has 7 nitrogen and oxygen atoms in total. The van der Waals surface area contributed by atoms with Crippen LogP contribution in [0.5, 0.6) is 0 Å². The average molecular weight is 338 g/mol. The van der Waals surface area contributed by atoms with Crippen LogP contribution in [-0.4, -0.2) is 53.0 Å². The summed E-state index contributed by atoms with van der Waals surface area (Å²) < 4.78 is 35.7. The molecule has 1 atom stereocenters. The van der Waals surface area contributed by atoms with Crippen molar-refractivity contribution in [2.45, 2.75) is 11.0 Å². The summed E-state index contributed by atoms with van der Waals surface area (Å²) in [5, 5.41) is 9.41. The largest absolute Gasteiger partial charge is 0.465 e. The van der Waals surface area contributed by atoms with Gasteiger partial charge in [-0.05, 0) is 18.2 Å². The molecule has 21 heavy (non-hydrogen) atoms. The van der Waals surface area contributed by atoms with Gasteiger partial charge in [0.25, 0.3) is 0 Å². The van der Waals surface area contributed by atoms with Crippen LogP contribution in [0.1, 0.15) is 10.4 Å². The van der Waals surface area contributed by atoms with Crippen molar-refractivity contribution in [3.63, 3.8) is 0 Å². The van der Waals surface area contributed by atoms with Crippen molar-refractivity contribution in [2.24, 2.45) is 0 Å². The number of rotatable bonds is 7. The zero-order chi connectivity index (χ0) is 16.0. The Morgan fingerprint density at radius 3 is 2.67 bits per heavy atom. The minimum absolute atomic E-state index is 0.0154. The maximum absolute atomic E-state index is 12.1.